The third kappa shape index (κ3) is 3.50. The van der Waals surface area contributed by atoms with Crippen molar-refractivity contribution < 1.29 is 13.2 Å². The average Bonchev–Trinajstić information content (AvgIpc) is 3.06. The van der Waals surface area contributed by atoms with E-state index >= 15 is 0 Å². The van der Waals surface area contributed by atoms with Crippen LogP contribution < -0.4 is 15.4 Å². The lowest BCUT2D eigenvalue weighted by Gasteiger charge is -2.25. The highest BCUT2D eigenvalue weighted by atomic mass is 32.2. The molecule has 126 valence electrons. The Kier molecular flexibility index (Phi) is 4.33. The largest absolute Gasteiger partial charge is 0.359 e. The molecule has 1 atom stereocenters. The van der Waals surface area contributed by atoms with E-state index in [4.69, 9.17) is 5.14 Å². The van der Waals surface area contributed by atoms with Crippen LogP contribution in [0.15, 0.2) is 23.1 Å². The summed E-state index contributed by atoms with van der Waals surface area (Å²) in [4.78, 5) is 14.4. The zero-order chi connectivity index (χ0) is 16.6. The smallest absolute Gasteiger partial charge is 0.239 e. The number of fused-ring (bicyclic) bond motifs is 1. The van der Waals surface area contributed by atoms with Gasteiger partial charge in [0, 0.05) is 17.8 Å². The molecule has 23 heavy (non-hydrogen) atoms. The lowest BCUT2D eigenvalue weighted by Crippen LogP contribution is -2.43. The van der Waals surface area contributed by atoms with Gasteiger partial charge >= 0.3 is 0 Å². The highest BCUT2D eigenvalue weighted by Crippen LogP contribution is 2.33. The molecule has 1 aliphatic carbocycles. The third-order valence-electron chi connectivity index (χ3n) is 4.77. The van der Waals surface area contributed by atoms with Gasteiger partial charge in [0.15, 0.2) is 0 Å². The van der Waals surface area contributed by atoms with E-state index in [-0.39, 0.29) is 16.8 Å². The Morgan fingerprint density at radius 1 is 1.35 bits per heavy atom. The van der Waals surface area contributed by atoms with Crippen molar-refractivity contribution in [3.8, 4) is 0 Å². The van der Waals surface area contributed by atoms with Crippen LogP contribution in [0.4, 0.5) is 5.69 Å². The second-order valence-corrected chi connectivity index (χ2v) is 8.13. The minimum atomic E-state index is -3.70. The lowest BCUT2D eigenvalue weighted by atomic mass is 10.1. The van der Waals surface area contributed by atoms with E-state index < -0.39 is 10.0 Å². The van der Waals surface area contributed by atoms with Crippen LogP contribution in [0, 0.1) is 0 Å². The fourth-order valence-corrected chi connectivity index (χ4v) is 4.15. The molecule has 0 bridgehead atoms. The molecule has 6 nitrogen and oxygen atoms in total. The summed E-state index contributed by atoms with van der Waals surface area (Å²) in [6.07, 6.45) is 5.22. The first-order chi connectivity index (χ1) is 10.8. The highest BCUT2D eigenvalue weighted by molar-refractivity contribution is 7.89. The number of carbonyl (C=O) groups excluding carboxylic acids is 1. The Morgan fingerprint density at radius 3 is 2.70 bits per heavy atom. The molecule has 7 heteroatoms. The Labute approximate surface area is 137 Å². The number of hydrogen-bond acceptors (Lipinski definition) is 4. The van der Waals surface area contributed by atoms with Crippen LogP contribution in [0.3, 0.4) is 0 Å². The molecule has 1 aromatic rings. The number of anilines is 1. The molecule has 3 rings (SSSR count). The van der Waals surface area contributed by atoms with Gasteiger partial charge in [-0.15, -0.1) is 0 Å². The summed E-state index contributed by atoms with van der Waals surface area (Å²) in [6.45, 7) is 2.35. The summed E-state index contributed by atoms with van der Waals surface area (Å²) in [5.74, 6) is 0.0344. The first-order valence-electron chi connectivity index (χ1n) is 8.06. The molecular formula is C16H23N3O3S. The molecule has 1 aliphatic heterocycles. The second kappa shape index (κ2) is 6.13. The number of carbonyl (C=O) groups is 1. The number of benzene rings is 1. The molecule has 2 aliphatic rings. The number of hydrogen-bond donors (Lipinski definition) is 2. The second-order valence-electron chi connectivity index (χ2n) is 6.57. The van der Waals surface area contributed by atoms with E-state index in [1.165, 1.54) is 18.9 Å². The topological polar surface area (TPSA) is 92.5 Å². The minimum absolute atomic E-state index is 0.0344. The molecule has 1 fully saturated rings. The zero-order valence-corrected chi connectivity index (χ0v) is 14.1. The van der Waals surface area contributed by atoms with Crippen molar-refractivity contribution in [3.05, 3.63) is 23.8 Å². The molecule has 0 unspecified atom stereocenters. The van der Waals surface area contributed by atoms with Crippen LogP contribution in [0.25, 0.3) is 0 Å². The lowest BCUT2D eigenvalue weighted by molar-refractivity contribution is -0.120. The van der Waals surface area contributed by atoms with E-state index in [1.54, 1.807) is 12.1 Å². The summed E-state index contributed by atoms with van der Waals surface area (Å²) in [6, 6.07) is 5.35. The first kappa shape index (κ1) is 16.3. The van der Waals surface area contributed by atoms with Crippen molar-refractivity contribution in [2.75, 3.05) is 11.4 Å². The van der Waals surface area contributed by atoms with Gasteiger partial charge in [0.05, 0.1) is 11.4 Å². The summed E-state index contributed by atoms with van der Waals surface area (Å²) >= 11 is 0. The van der Waals surface area contributed by atoms with Gasteiger partial charge in [0.25, 0.3) is 0 Å². The number of amides is 1. The molecule has 0 radical (unpaired) electrons. The van der Waals surface area contributed by atoms with Gasteiger partial charge in [-0.2, -0.15) is 0 Å². The predicted molar refractivity (Wildman–Crippen MR) is 88.7 cm³/mol. The molecule has 0 spiro atoms. The van der Waals surface area contributed by atoms with Gasteiger partial charge in [-0.05, 0) is 49.9 Å². The fourth-order valence-electron chi connectivity index (χ4n) is 3.59. The quantitative estimate of drug-likeness (QED) is 0.862. The van der Waals surface area contributed by atoms with Crippen molar-refractivity contribution >= 4 is 21.6 Å². The van der Waals surface area contributed by atoms with E-state index in [2.05, 4.69) is 5.32 Å². The first-order valence-corrected chi connectivity index (χ1v) is 9.61. The number of primary sulfonamides is 1. The minimum Gasteiger partial charge on any atom is -0.359 e. The van der Waals surface area contributed by atoms with Crippen LogP contribution in [-0.4, -0.2) is 33.0 Å². The summed E-state index contributed by atoms with van der Waals surface area (Å²) in [5.41, 5.74) is 1.85. The van der Waals surface area contributed by atoms with E-state index in [1.807, 2.05) is 11.8 Å². The Balaban J connectivity index is 1.73. The Bertz CT molecular complexity index is 711. The van der Waals surface area contributed by atoms with E-state index in [9.17, 15) is 13.2 Å². The van der Waals surface area contributed by atoms with Crippen LogP contribution in [0.1, 0.15) is 38.2 Å². The van der Waals surface area contributed by atoms with Crippen molar-refractivity contribution in [3.63, 3.8) is 0 Å². The standard InChI is InChI=1S/C16H23N3O3S/c1-11-8-12-9-14(23(17,21)22)6-7-15(12)19(11)10-16(20)18-13-4-2-3-5-13/h6-7,9,11,13H,2-5,8,10H2,1H3,(H,18,20)(H2,17,21,22)/t11-/m0/s1. The van der Waals surface area contributed by atoms with Crippen LogP contribution in [-0.2, 0) is 21.2 Å². The SMILES string of the molecule is C[C@H]1Cc2cc(S(N)(=O)=O)ccc2N1CC(=O)NC1CCCC1. The number of nitrogens with two attached hydrogens (primary N) is 1. The van der Waals surface area contributed by atoms with E-state index in [0.29, 0.717) is 12.6 Å². The molecule has 1 amide bonds. The number of rotatable bonds is 4. The average molecular weight is 337 g/mol. The molecule has 1 saturated carbocycles. The van der Waals surface area contributed by atoms with Crippen molar-refractivity contribution in [2.24, 2.45) is 5.14 Å². The Morgan fingerprint density at radius 2 is 2.04 bits per heavy atom. The van der Waals surface area contributed by atoms with Gasteiger partial charge in [0.1, 0.15) is 0 Å². The number of nitrogens with zero attached hydrogens (tertiary/aromatic N) is 1. The van der Waals surface area contributed by atoms with Gasteiger partial charge in [0.2, 0.25) is 15.9 Å². The zero-order valence-electron chi connectivity index (χ0n) is 13.3. The van der Waals surface area contributed by atoms with Crippen molar-refractivity contribution in [1.82, 2.24) is 5.32 Å². The van der Waals surface area contributed by atoms with Gasteiger partial charge in [-0.25, -0.2) is 13.6 Å². The van der Waals surface area contributed by atoms with Gasteiger partial charge in [-0.3, -0.25) is 4.79 Å². The van der Waals surface area contributed by atoms with Crippen molar-refractivity contribution in [2.45, 2.75) is 56.0 Å². The van der Waals surface area contributed by atoms with E-state index in [0.717, 1.165) is 30.5 Å². The Hall–Kier alpha value is -1.60. The summed E-state index contributed by atoms with van der Waals surface area (Å²) in [7, 11) is -3.70. The van der Waals surface area contributed by atoms with Gasteiger partial charge in [-0.1, -0.05) is 12.8 Å². The van der Waals surface area contributed by atoms with Crippen LogP contribution >= 0.6 is 0 Å². The molecule has 0 saturated heterocycles. The van der Waals surface area contributed by atoms with Crippen LogP contribution in [0.5, 0.6) is 0 Å². The number of nitrogens with one attached hydrogen (secondary N) is 1. The molecule has 1 aromatic carbocycles. The normalized spacial score (nSPS) is 21.5. The molecule has 0 aromatic heterocycles. The highest BCUT2D eigenvalue weighted by Gasteiger charge is 2.29. The van der Waals surface area contributed by atoms with Crippen LogP contribution in [0.2, 0.25) is 0 Å². The molecule has 3 N–H and O–H groups in total. The van der Waals surface area contributed by atoms with Crippen molar-refractivity contribution in [1.29, 1.82) is 0 Å². The summed E-state index contributed by atoms with van der Waals surface area (Å²) in [5, 5.41) is 8.28. The maximum atomic E-state index is 12.3. The predicted octanol–water partition coefficient (Wildman–Crippen LogP) is 1.14. The van der Waals surface area contributed by atoms with Gasteiger partial charge < -0.3 is 10.2 Å². The number of sulfonamides is 1. The maximum absolute atomic E-state index is 12.3. The maximum Gasteiger partial charge on any atom is 0.239 e. The monoisotopic (exact) mass is 337 g/mol. The molecule has 1 heterocycles. The summed E-state index contributed by atoms with van der Waals surface area (Å²) < 4.78 is 22.9. The fraction of sp³-hybridized carbons (Fsp3) is 0.562. The molecular weight excluding hydrogens is 314 g/mol. The third-order valence-corrected chi connectivity index (χ3v) is 5.68.